The molecule has 3 rings (SSSR count). The molecule has 0 spiro atoms. The van der Waals surface area contributed by atoms with Gasteiger partial charge in [0.2, 0.25) is 5.76 Å². The minimum Gasteiger partial charge on any atom is -0.449 e. The van der Waals surface area contributed by atoms with Crippen LogP contribution in [0.3, 0.4) is 0 Å². The first-order chi connectivity index (χ1) is 11.3. The molecule has 2 aromatic rings. The van der Waals surface area contributed by atoms with Crippen molar-refractivity contribution in [3.8, 4) is 0 Å². The first-order valence-electron chi connectivity index (χ1n) is 7.54. The first-order valence-corrected chi connectivity index (χ1v) is 9.36. The Morgan fingerprint density at radius 1 is 1.33 bits per heavy atom. The minimum atomic E-state index is -3.09. The molecular formula is C16H17NO6S. The van der Waals surface area contributed by atoms with Crippen LogP contribution in [0.5, 0.6) is 0 Å². The van der Waals surface area contributed by atoms with Crippen molar-refractivity contribution >= 4 is 32.7 Å². The second-order valence-electron chi connectivity index (χ2n) is 5.80. The number of carbonyl (C=O) groups excluding carboxylic acids is 2. The van der Waals surface area contributed by atoms with Gasteiger partial charge in [-0.1, -0.05) is 18.2 Å². The lowest BCUT2D eigenvalue weighted by Crippen LogP contribution is -2.42. The van der Waals surface area contributed by atoms with Gasteiger partial charge in [-0.25, -0.2) is 13.2 Å². The van der Waals surface area contributed by atoms with Crippen molar-refractivity contribution in [3.05, 3.63) is 36.1 Å². The normalized spacial score (nSPS) is 20.6. The molecule has 1 aliphatic rings. The molecule has 1 saturated heterocycles. The third-order valence-corrected chi connectivity index (χ3v) is 5.63. The molecule has 7 nitrogen and oxygen atoms in total. The number of amides is 1. The van der Waals surface area contributed by atoms with Gasteiger partial charge in [-0.2, -0.15) is 0 Å². The maximum absolute atomic E-state index is 12.1. The Labute approximate surface area is 138 Å². The van der Waals surface area contributed by atoms with Gasteiger partial charge in [0.15, 0.2) is 15.9 Å². The Bertz CT molecular complexity index is 852. The zero-order valence-corrected chi connectivity index (χ0v) is 13.8. The van der Waals surface area contributed by atoms with Gasteiger partial charge in [-0.15, -0.1) is 0 Å². The van der Waals surface area contributed by atoms with Gasteiger partial charge in [0, 0.05) is 11.4 Å². The van der Waals surface area contributed by atoms with Gasteiger partial charge in [-0.3, -0.25) is 4.79 Å². The number of para-hydroxylation sites is 1. The minimum absolute atomic E-state index is 0.0132. The molecule has 1 aliphatic heterocycles. The topological polar surface area (TPSA) is 103 Å². The molecule has 128 valence electrons. The monoisotopic (exact) mass is 351 g/mol. The Balaban J connectivity index is 1.60. The highest BCUT2D eigenvalue weighted by atomic mass is 32.2. The zero-order valence-electron chi connectivity index (χ0n) is 13.0. The van der Waals surface area contributed by atoms with E-state index in [1.54, 1.807) is 24.3 Å². The predicted octanol–water partition coefficient (Wildman–Crippen LogP) is 1.28. The lowest BCUT2D eigenvalue weighted by Gasteiger charge is -2.15. The van der Waals surface area contributed by atoms with Crippen LogP contribution in [0.4, 0.5) is 0 Å². The molecule has 24 heavy (non-hydrogen) atoms. The summed E-state index contributed by atoms with van der Waals surface area (Å²) < 4.78 is 33.3. The fraction of sp³-hybridized carbons (Fsp3) is 0.375. The molecule has 1 aromatic heterocycles. The molecule has 2 heterocycles. The smallest absolute Gasteiger partial charge is 0.375 e. The van der Waals surface area contributed by atoms with Crippen molar-refractivity contribution in [2.75, 3.05) is 11.5 Å². The van der Waals surface area contributed by atoms with Crippen molar-refractivity contribution in [3.63, 3.8) is 0 Å². The molecule has 0 saturated carbocycles. The zero-order chi connectivity index (χ0) is 17.3. The number of hydrogen-bond donors (Lipinski definition) is 1. The summed E-state index contributed by atoms with van der Waals surface area (Å²) in [5.74, 6) is -1.28. The third kappa shape index (κ3) is 3.59. The number of fused-ring (bicyclic) bond motifs is 1. The summed E-state index contributed by atoms with van der Waals surface area (Å²) in [6, 6.07) is 8.24. The number of furan rings is 1. The van der Waals surface area contributed by atoms with E-state index in [1.165, 1.54) is 6.92 Å². The average molecular weight is 351 g/mol. The van der Waals surface area contributed by atoms with Gasteiger partial charge in [0.1, 0.15) is 5.58 Å². The summed E-state index contributed by atoms with van der Waals surface area (Å²) in [7, 11) is -3.09. The van der Waals surface area contributed by atoms with Crippen LogP contribution >= 0.6 is 0 Å². The number of benzene rings is 1. The van der Waals surface area contributed by atoms with E-state index in [2.05, 4.69) is 5.32 Å². The Kier molecular flexibility index (Phi) is 4.31. The van der Waals surface area contributed by atoms with Crippen LogP contribution in [-0.4, -0.2) is 43.9 Å². The molecule has 2 atom stereocenters. The van der Waals surface area contributed by atoms with Crippen molar-refractivity contribution in [2.24, 2.45) is 0 Å². The van der Waals surface area contributed by atoms with E-state index in [0.29, 0.717) is 12.0 Å². The van der Waals surface area contributed by atoms with Crippen molar-refractivity contribution < 1.29 is 27.2 Å². The lowest BCUT2D eigenvalue weighted by molar-refractivity contribution is -0.129. The molecule has 1 amide bonds. The number of esters is 1. The summed E-state index contributed by atoms with van der Waals surface area (Å²) in [6.07, 6.45) is -0.674. The van der Waals surface area contributed by atoms with Gasteiger partial charge in [0.25, 0.3) is 5.91 Å². The number of hydrogen-bond acceptors (Lipinski definition) is 6. The molecule has 0 aliphatic carbocycles. The number of ether oxygens (including phenoxy) is 1. The van der Waals surface area contributed by atoms with Crippen LogP contribution in [-0.2, 0) is 19.4 Å². The molecule has 0 bridgehead atoms. The average Bonchev–Trinajstić information content (AvgIpc) is 3.10. The predicted molar refractivity (Wildman–Crippen MR) is 86.3 cm³/mol. The standard InChI is InChI=1S/C16H17NO6S/c1-10(15(18)17-12-6-7-24(20,21)9-12)22-16(19)14-8-11-4-2-3-5-13(11)23-14/h2-5,8,10,12H,6-7,9H2,1H3,(H,17,18)/t10-,12+/m0/s1. The Hall–Kier alpha value is -2.35. The number of carbonyl (C=O) groups is 2. The molecule has 1 N–H and O–H groups in total. The van der Waals surface area contributed by atoms with Gasteiger partial charge in [-0.05, 0) is 25.5 Å². The van der Waals surface area contributed by atoms with E-state index in [1.807, 2.05) is 6.07 Å². The molecule has 0 radical (unpaired) electrons. The quantitative estimate of drug-likeness (QED) is 0.833. The Morgan fingerprint density at radius 3 is 2.75 bits per heavy atom. The van der Waals surface area contributed by atoms with Crippen LogP contribution in [0.15, 0.2) is 34.7 Å². The maximum Gasteiger partial charge on any atom is 0.375 e. The number of sulfone groups is 1. The van der Waals surface area contributed by atoms with E-state index < -0.39 is 33.9 Å². The van der Waals surface area contributed by atoms with E-state index in [4.69, 9.17) is 9.15 Å². The highest BCUT2D eigenvalue weighted by Gasteiger charge is 2.31. The third-order valence-electron chi connectivity index (χ3n) is 3.86. The summed E-state index contributed by atoms with van der Waals surface area (Å²) in [6.45, 7) is 1.43. The lowest BCUT2D eigenvalue weighted by atomic mass is 10.2. The second-order valence-corrected chi connectivity index (χ2v) is 8.03. The second kappa shape index (κ2) is 6.27. The van der Waals surface area contributed by atoms with Crippen LogP contribution in [0.2, 0.25) is 0 Å². The van der Waals surface area contributed by atoms with Crippen LogP contribution in [0, 0.1) is 0 Å². The van der Waals surface area contributed by atoms with Crippen molar-refractivity contribution in [2.45, 2.75) is 25.5 Å². The largest absolute Gasteiger partial charge is 0.449 e. The molecular weight excluding hydrogens is 334 g/mol. The van der Waals surface area contributed by atoms with Gasteiger partial charge in [0.05, 0.1) is 11.5 Å². The molecule has 0 unspecified atom stereocenters. The maximum atomic E-state index is 12.1. The Morgan fingerprint density at radius 2 is 2.08 bits per heavy atom. The van der Waals surface area contributed by atoms with Crippen molar-refractivity contribution in [1.82, 2.24) is 5.32 Å². The van der Waals surface area contributed by atoms with Crippen LogP contribution < -0.4 is 5.32 Å². The summed E-state index contributed by atoms with van der Waals surface area (Å²) >= 11 is 0. The fourth-order valence-corrected chi connectivity index (χ4v) is 4.26. The van der Waals surface area contributed by atoms with Crippen molar-refractivity contribution in [1.29, 1.82) is 0 Å². The summed E-state index contributed by atoms with van der Waals surface area (Å²) in [4.78, 5) is 24.1. The van der Waals surface area contributed by atoms with E-state index in [0.717, 1.165) is 5.39 Å². The SMILES string of the molecule is C[C@H](OC(=O)c1cc2ccccc2o1)C(=O)N[C@@H]1CCS(=O)(=O)C1. The number of nitrogens with one attached hydrogen (secondary N) is 1. The highest BCUT2D eigenvalue weighted by Crippen LogP contribution is 2.20. The van der Waals surface area contributed by atoms with Gasteiger partial charge >= 0.3 is 5.97 Å². The molecule has 8 heteroatoms. The first kappa shape index (κ1) is 16.5. The van der Waals surface area contributed by atoms with Crippen LogP contribution in [0.1, 0.15) is 23.9 Å². The summed E-state index contributed by atoms with van der Waals surface area (Å²) in [5.41, 5.74) is 0.553. The van der Waals surface area contributed by atoms with Crippen LogP contribution in [0.25, 0.3) is 11.0 Å². The molecule has 1 fully saturated rings. The number of rotatable bonds is 4. The fourth-order valence-electron chi connectivity index (χ4n) is 2.58. The molecule has 1 aromatic carbocycles. The van der Waals surface area contributed by atoms with E-state index >= 15 is 0 Å². The van der Waals surface area contributed by atoms with E-state index in [9.17, 15) is 18.0 Å². The van der Waals surface area contributed by atoms with Gasteiger partial charge < -0.3 is 14.5 Å². The highest BCUT2D eigenvalue weighted by molar-refractivity contribution is 7.91. The van der Waals surface area contributed by atoms with E-state index in [-0.39, 0.29) is 17.3 Å². The summed E-state index contributed by atoms with van der Waals surface area (Å²) in [5, 5.41) is 3.35.